The predicted molar refractivity (Wildman–Crippen MR) is 87.1 cm³/mol. The van der Waals surface area contributed by atoms with Crippen molar-refractivity contribution in [1.82, 2.24) is 9.97 Å². The van der Waals surface area contributed by atoms with Crippen LogP contribution < -0.4 is 10.2 Å². The van der Waals surface area contributed by atoms with Gasteiger partial charge in [0.25, 0.3) is 0 Å². The molecule has 1 fully saturated rings. The van der Waals surface area contributed by atoms with Crippen molar-refractivity contribution in [2.45, 2.75) is 40.0 Å². The minimum atomic E-state index is 0.687. The summed E-state index contributed by atoms with van der Waals surface area (Å²) in [6.45, 7) is 10.2. The molecule has 0 unspecified atom stereocenters. The number of aryl methyl sites for hydroxylation is 1. The number of methoxy groups -OCH3 is 1. The minimum Gasteiger partial charge on any atom is -0.384 e. The van der Waals surface area contributed by atoms with Crippen LogP contribution in [-0.4, -0.2) is 43.3 Å². The average Bonchev–Trinajstić information content (AvgIpc) is 2.51. The van der Waals surface area contributed by atoms with Gasteiger partial charge in [0.2, 0.25) is 0 Å². The van der Waals surface area contributed by atoms with Gasteiger partial charge in [-0.2, -0.15) is 0 Å². The zero-order valence-corrected chi connectivity index (χ0v) is 13.8. The van der Waals surface area contributed by atoms with Crippen molar-refractivity contribution in [3.05, 3.63) is 11.4 Å². The standard InChI is InChI=1S/C16H28N4O/c1-5-14-18-15(17-6-2)12(3)16(19-14)20-9-7-13(8-10-20)11-21-4/h13H,5-11H2,1-4H3,(H,17,18,19). The molecule has 0 spiro atoms. The summed E-state index contributed by atoms with van der Waals surface area (Å²) in [6, 6.07) is 0. The lowest BCUT2D eigenvalue weighted by atomic mass is 9.97. The molecule has 5 nitrogen and oxygen atoms in total. The van der Waals surface area contributed by atoms with Gasteiger partial charge in [0.1, 0.15) is 17.5 Å². The van der Waals surface area contributed by atoms with Crippen molar-refractivity contribution in [3.63, 3.8) is 0 Å². The molecule has 1 aliphatic rings. The molecule has 0 radical (unpaired) electrons. The number of nitrogens with zero attached hydrogens (tertiary/aromatic N) is 3. The Kier molecular flexibility index (Phi) is 5.79. The first-order valence-electron chi connectivity index (χ1n) is 8.04. The Morgan fingerprint density at radius 3 is 2.52 bits per heavy atom. The highest BCUT2D eigenvalue weighted by molar-refractivity contribution is 5.58. The number of aromatic nitrogens is 2. The first-order valence-corrected chi connectivity index (χ1v) is 8.04. The lowest BCUT2D eigenvalue weighted by Crippen LogP contribution is -2.36. The highest BCUT2D eigenvalue weighted by Crippen LogP contribution is 2.28. The fourth-order valence-corrected chi connectivity index (χ4v) is 2.90. The molecule has 0 aromatic carbocycles. The Hall–Kier alpha value is -1.36. The van der Waals surface area contributed by atoms with Gasteiger partial charge in [0.05, 0.1) is 0 Å². The van der Waals surface area contributed by atoms with Crippen molar-refractivity contribution in [2.24, 2.45) is 5.92 Å². The van der Waals surface area contributed by atoms with E-state index in [0.717, 1.165) is 50.1 Å². The molecular weight excluding hydrogens is 264 g/mol. The third kappa shape index (κ3) is 3.84. The van der Waals surface area contributed by atoms with Crippen molar-refractivity contribution in [1.29, 1.82) is 0 Å². The Balaban J connectivity index is 2.17. The van der Waals surface area contributed by atoms with Gasteiger partial charge in [0, 0.05) is 45.3 Å². The van der Waals surface area contributed by atoms with Crippen LogP contribution >= 0.6 is 0 Å². The van der Waals surface area contributed by atoms with E-state index < -0.39 is 0 Å². The fourth-order valence-electron chi connectivity index (χ4n) is 2.90. The van der Waals surface area contributed by atoms with E-state index in [4.69, 9.17) is 9.72 Å². The van der Waals surface area contributed by atoms with E-state index in [1.54, 1.807) is 7.11 Å². The van der Waals surface area contributed by atoms with E-state index in [1.807, 2.05) is 0 Å². The maximum Gasteiger partial charge on any atom is 0.137 e. The number of rotatable bonds is 6. The Morgan fingerprint density at radius 2 is 1.95 bits per heavy atom. The first kappa shape index (κ1) is 16.0. The third-order valence-corrected chi connectivity index (χ3v) is 4.14. The number of hydrogen-bond donors (Lipinski definition) is 1. The maximum atomic E-state index is 5.28. The molecule has 1 N–H and O–H groups in total. The van der Waals surface area contributed by atoms with E-state index in [2.05, 4.69) is 36.0 Å². The summed E-state index contributed by atoms with van der Waals surface area (Å²) in [6.07, 6.45) is 3.22. The predicted octanol–water partition coefficient (Wildman–Crippen LogP) is 2.64. The highest BCUT2D eigenvalue weighted by atomic mass is 16.5. The van der Waals surface area contributed by atoms with E-state index in [9.17, 15) is 0 Å². The molecule has 1 aliphatic heterocycles. The molecule has 21 heavy (non-hydrogen) atoms. The zero-order valence-electron chi connectivity index (χ0n) is 13.8. The molecule has 2 heterocycles. The van der Waals surface area contributed by atoms with Crippen LogP contribution in [0.3, 0.4) is 0 Å². The van der Waals surface area contributed by atoms with Crippen molar-refractivity contribution < 1.29 is 4.74 Å². The van der Waals surface area contributed by atoms with Gasteiger partial charge in [-0.05, 0) is 32.6 Å². The van der Waals surface area contributed by atoms with Crippen LogP contribution in [0.1, 0.15) is 38.1 Å². The fraction of sp³-hybridized carbons (Fsp3) is 0.750. The topological polar surface area (TPSA) is 50.3 Å². The van der Waals surface area contributed by atoms with E-state index in [0.29, 0.717) is 5.92 Å². The van der Waals surface area contributed by atoms with Crippen LogP contribution in [0, 0.1) is 12.8 Å². The van der Waals surface area contributed by atoms with Gasteiger partial charge >= 0.3 is 0 Å². The average molecular weight is 292 g/mol. The molecule has 1 aromatic rings. The zero-order chi connectivity index (χ0) is 15.2. The van der Waals surface area contributed by atoms with Crippen LogP contribution in [0.4, 0.5) is 11.6 Å². The molecule has 1 aromatic heterocycles. The normalized spacial score (nSPS) is 16.3. The molecule has 2 rings (SSSR count). The van der Waals surface area contributed by atoms with Crippen molar-refractivity contribution >= 4 is 11.6 Å². The number of ether oxygens (including phenoxy) is 1. The Morgan fingerprint density at radius 1 is 1.24 bits per heavy atom. The van der Waals surface area contributed by atoms with Gasteiger partial charge in [-0.15, -0.1) is 0 Å². The lowest BCUT2D eigenvalue weighted by molar-refractivity contribution is 0.139. The lowest BCUT2D eigenvalue weighted by Gasteiger charge is -2.33. The van der Waals surface area contributed by atoms with Crippen LogP contribution in [0.2, 0.25) is 0 Å². The number of hydrogen-bond acceptors (Lipinski definition) is 5. The second kappa shape index (κ2) is 7.59. The number of anilines is 2. The summed E-state index contributed by atoms with van der Waals surface area (Å²) in [4.78, 5) is 11.8. The van der Waals surface area contributed by atoms with Crippen LogP contribution in [0.15, 0.2) is 0 Å². The molecule has 0 bridgehead atoms. The molecule has 1 saturated heterocycles. The third-order valence-electron chi connectivity index (χ3n) is 4.14. The van der Waals surface area contributed by atoms with E-state index >= 15 is 0 Å². The summed E-state index contributed by atoms with van der Waals surface area (Å²) in [7, 11) is 1.79. The molecule has 118 valence electrons. The summed E-state index contributed by atoms with van der Waals surface area (Å²) >= 11 is 0. The summed E-state index contributed by atoms with van der Waals surface area (Å²) in [5.41, 5.74) is 1.17. The Labute approximate surface area is 128 Å². The summed E-state index contributed by atoms with van der Waals surface area (Å²) in [5, 5.41) is 3.36. The first-order chi connectivity index (χ1) is 10.2. The largest absolute Gasteiger partial charge is 0.384 e. The summed E-state index contributed by atoms with van der Waals surface area (Å²) in [5.74, 6) is 3.70. The van der Waals surface area contributed by atoms with Crippen LogP contribution in [-0.2, 0) is 11.2 Å². The highest BCUT2D eigenvalue weighted by Gasteiger charge is 2.22. The molecule has 0 atom stereocenters. The molecular formula is C16H28N4O. The molecule has 0 saturated carbocycles. The van der Waals surface area contributed by atoms with Crippen LogP contribution in [0.25, 0.3) is 0 Å². The van der Waals surface area contributed by atoms with E-state index in [1.165, 1.54) is 18.4 Å². The van der Waals surface area contributed by atoms with E-state index in [-0.39, 0.29) is 0 Å². The van der Waals surface area contributed by atoms with Gasteiger partial charge < -0.3 is 15.0 Å². The van der Waals surface area contributed by atoms with Gasteiger partial charge in [0.15, 0.2) is 0 Å². The van der Waals surface area contributed by atoms with Gasteiger partial charge in [-0.1, -0.05) is 6.92 Å². The van der Waals surface area contributed by atoms with Gasteiger partial charge in [-0.3, -0.25) is 0 Å². The smallest absolute Gasteiger partial charge is 0.137 e. The molecule has 0 amide bonds. The van der Waals surface area contributed by atoms with Crippen molar-refractivity contribution in [3.8, 4) is 0 Å². The Bertz CT molecular complexity index is 456. The second-order valence-electron chi connectivity index (χ2n) is 5.71. The summed E-state index contributed by atoms with van der Waals surface area (Å²) < 4.78 is 5.28. The quantitative estimate of drug-likeness (QED) is 0.873. The minimum absolute atomic E-state index is 0.687. The number of piperidine rings is 1. The van der Waals surface area contributed by atoms with Crippen molar-refractivity contribution in [2.75, 3.05) is 43.6 Å². The van der Waals surface area contributed by atoms with Crippen LogP contribution in [0.5, 0.6) is 0 Å². The second-order valence-corrected chi connectivity index (χ2v) is 5.71. The maximum absolute atomic E-state index is 5.28. The molecule has 5 heteroatoms. The molecule has 0 aliphatic carbocycles. The SMILES string of the molecule is CCNc1nc(CC)nc(N2CCC(COC)CC2)c1C. The van der Waals surface area contributed by atoms with Gasteiger partial charge in [-0.25, -0.2) is 9.97 Å². The monoisotopic (exact) mass is 292 g/mol. The number of nitrogens with one attached hydrogen (secondary N) is 1.